The predicted octanol–water partition coefficient (Wildman–Crippen LogP) is 2.37. The normalized spacial score (nSPS) is 19.4. The molecule has 0 aliphatic carbocycles. The topological polar surface area (TPSA) is 90.6 Å². The number of ether oxygens (including phenoxy) is 2. The Kier molecular flexibility index (Phi) is 8.24. The fourth-order valence-electron chi connectivity index (χ4n) is 5.43. The zero-order valence-corrected chi connectivity index (χ0v) is 21.6. The average molecular weight is 536 g/mol. The second-order valence-corrected chi connectivity index (χ2v) is 9.37. The van der Waals surface area contributed by atoms with Crippen molar-refractivity contribution < 1.29 is 9.47 Å². The van der Waals surface area contributed by atoms with Gasteiger partial charge in [0, 0.05) is 31.7 Å². The molecule has 0 radical (unpaired) electrons. The van der Waals surface area contributed by atoms with E-state index in [0.29, 0.717) is 37.0 Å². The first-order valence-electron chi connectivity index (χ1n) is 12.1. The minimum Gasteiger partial charge on any atom is -0.486 e. The summed E-state index contributed by atoms with van der Waals surface area (Å²) in [5.74, 6) is 1.65. The van der Waals surface area contributed by atoms with Crippen LogP contribution in [-0.4, -0.2) is 57.9 Å². The second-order valence-electron chi connectivity index (χ2n) is 9.37. The molecule has 0 bridgehead atoms. The molecule has 6 rings (SSSR count). The van der Waals surface area contributed by atoms with E-state index in [2.05, 4.69) is 27.3 Å². The van der Waals surface area contributed by atoms with E-state index in [-0.39, 0.29) is 42.0 Å². The van der Waals surface area contributed by atoms with Crippen molar-refractivity contribution in [1.29, 1.82) is 0 Å². The lowest BCUT2D eigenvalue weighted by Gasteiger charge is -2.37. The maximum absolute atomic E-state index is 12.7. The number of aromatic nitrogens is 3. The van der Waals surface area contributed by atoms with Crippen LogP contribution in [0.2, 0.25) is 0 Å². The molecule has 9 nitrogen and oxygen atoms in total. The van der Waals surface area contributed by atoms with Crippen LogP contribution in [0.4, 0.5) is 0 Å². The molecule has 0 saturated carbocycles. The van der Waals surface area contributed by atoms with Gasteiger partial charge in [-0.3, -0.25) is 18.7 Å². The summed E-state index contributed by atoms with van der Waals surface area (Å²) < 4.78 is 14.8. The van der Waals surface area contributed by atoms with E-state index in [1.165, 1.54) is 11.8 Å². The van der Waals surface area contributed by atoms with E-state index in [1.54, 1.807) is 21.3 Å². The lowest BCUT2D eigenvalue weighted by molar-refractivity contribution is 0.163. The molecule has 0 spiro atoms. The molecule has 11 heteroatoms. The van der Waals surface area contributed by atoms with Crippen molar-refractivity contribution in [3.05, 3.63) is 62.8 Å². The number of pyridine rings is 1. The monoisotopic (exact) mass is 535 g/mol. The summed E-state index contributed by atoms with van der Waals surface area (Å²) in [6.45, 7) is 5.43. The third-order valence-electron chi connectivity index (χ3n) is 7.22. The number of piperidine rings is 1. The molecule has 3 aromatic rings. The van der Waals surface area contributed by atoms with Crippen LogP contribution in [0.3, 0.4) is 0 Å². The standard InChI is InChI=1S/C25H29N5O4.2ClH/c31-23-4-2-20-25-29(24(32)15-27-20)10-7-19(30(23)25)16-28-8-5-18(6-9-28)26-14-17-1-3-21-22(13-17)34-12-11-33-21;;/h1-4,13,15,18-19,26H,5-12,14,16H2;2*1H/t19-;;/m0../s1. The smallest absolute Gasteiger partial charge is 0.270 e. The van der Waals surface area contributed by atoms with Crippen LogP contribution in [0.25, 0.3) is 11.2 Å². The summed E-state index contributed by atoms with van der Waals surface area (Å²) in [6.07, 6.45) is 4.25. The molecular weight excluding hydrogens is 505 g/mol. The Balaban J connectivity index is 0.00000152. The Bertz CT molecular complexity index is 1330. The number of fused-ring (bicyclic) bond motifs is 1. The van der Waals surface area contributed by atoms with Gasteiger partial charge >= 0.3 is 0 Å². The third-order valence-corrected chi connectivity index (χ3v) is 7.22. The number of halogens is 2. The first kappa shape index (κ1) is 26.5. The van der Waals surface area contributed by atoms with Crippen LogP contribution in [0, 0.1) is 0 Å². The zero-order valence-electron chi connectivity index (χ0n) is 19.9. The van der Waals surface area contributed by atoms with Crippen molar-refractivity contribution in [3.8, 4) is 11.5 Å². The van der Waals surface area contributed by atoms with Gasteiger partial charge in [-0.05, 0) is 56.1 Å². The van der Waals surface area contributed by atoms with Crippen molar-refractivity contribution >= 4 is 36.0 Å². The maximum atomic E-state index is 12.7. The minimum atomic E-state index is -0.143. The molecule has 1 aromatic carbocycles. The minimum absolute atomic E-state index is 0. The average Bonchev–Trinajstić information content (AvgIpc) is 2.87. The van der Waals surface area contributed by atoms with Gasteiger partial charge in [0.15, 0.2) is 11.5 Å². The molecule has 0 amide bonds. The van der Waals surface area contributed by atoms with Gasteiger partial charge in [0.1, 0.15) is 24.4 Å². The molecule has 36 heavy (non-hydrogen) atoms. The first-order valence-corrected chi connectivity index (χ1v) is 12.1. The Morgan fingerprint density at radius 2 is 1.69 bits per heavy atom. The molecule has 1 N–H and O–H groups in total. The van der Waals surface area contributed by atoms with Crippen LogP contribution in [0.1, 0.15) is 30.9 Å². The van der Waals surface area contributed by atoms with Crippen molar-refractivity contribution in [2.24, 2.45) is 0 Å². The van der Waals surface area contributed by atoms with E-state index in [4.69, 9.17) is 9.47 Å². The number of hydrogen-bond acceptors (Lipinski definition) is 7. The van der Waals surface area contributed by atoms with E-state index >= 15 is 0 Å². The van der Waals surface area contributed by atoms with Gasteiger partial charge in [-0.1, -0.05) is 6.07 Å². The number of nitrogens with one attached hydrogen (secondary N) is 1. The Labute approximate surface area is 221 Å². The van der Waals surface area contributed by atoms with E-state index in [0.717, 1.165) is 56.9 Å². The van der Waals surface area contributed by atoms with Gasteiger partial charge in [0.2, 0.25) is 0 Å². The van der Waals surface area contributed by atoms with Crippen LogP contribution >= 0.6 is 24.8 Å². The van der Waals surface area contributed by atoms with Crippen molar-refractivity contribution in [2.45, 2.75) is 44.4 Å². The summed E-state index contributed by atoms with van der Waals surface area (Å²) in [5.41, 5.74) is 2.35. The fourth-order valence-corrected chi connectivity index (χ4v) is 5.43. The maximum Gasteiger partial charge on any atom is 0.270 e. The predicted molar refractivity (Wildman–Crippen MR) is 142 cm³/mol. The quantitative estimate of drug-likeness (QED) is 0.536. The summed E-state index contributed by atoms with van der Waals surface area (Å²) in [7, 11) is 0. The number of rotatable bonds is 5. The van der Waals surface area contributed by atoms with Crippen molar-refractivity contribution in [1.82, 2.24) is 24.3 Å². The van der Waals surface area contributed by atoms with E-state index in [1.807, 2.05) is 6.07 Å². The first-order chi connectivity index (χ1) is 16.7. The van der Waals surface area contributed by atoms with Crippen LogP contribution < -0.4 is 25.9 Å². The number of nitrogens with zero attached hydrogens (tertiary/aromatic N) is 4. The van der Waals surface area contributed by atoms with Crippen molar-refractivity contribution in [2.75, 3.05) is 32.8 Å². The summed E-state index contributed by atoms with van der Waals surface area (Å²) in [5, 5.41) is 3.69. The summed E-state index contributed by atoms with van der Waals surface area (Å²) >= 11 is 0. The number of likely N-dealkylation sites (tertiary alicyclic amines) is 1. The Morgan fingerprint density at radius 3 is 2.50 bits per heavy atom. The van der Waals surface area contributed by atoms with Gasteiger partial charge in [-0.15, -0.1) is 24.8 Å². The van der Waals surface area contributed by atoms with Crippen LogP contribution in [0.15, 0.2) is 46.1 Å². The summed E-state index contributed by atoms with van der Waals surface area (Å²) in [6, 6.07) is 9.95. The van der Waals surface area contributed by atoms with Crippen LogP contribution in [0.5, 0.6) is 11.5 Å². The van der Waals surface area contributed by atoms with Gasteiger partial charge in [0.25, 0.3) is 11.1 Å². The second kappa shape index (κ2) is 11.2. The van der Waals surface area contributed by atoms with E-state index in [9.17, 15) is 9.59 Å². The highest BCUT2D eigenvalue weighted by atomic mass is 35.5. The third kappa shape index (κ3) is 5.11. The zero-order chi connectivity index (χ0) is 23.1. The number of aryl methyl sites for hydroxylation is 1. The van der Waals surface area contributed by atoms with Crippen molar-refractivity contribution in [3.63, 3.8) is 0 Å². The Morgan fingerprint density at radius 1 is 0.917 bits per heavy atom. The van der Waals surface area contributed by atoms with E-state index < -0.39 is 0 Å². The summed E-state index contributed by atoms with van der Waals surface area (Å²) in [4.78, 5) is 31.7. The molecular formula is C25H31Cl2N5O4. The highest BCUT2D eigenvalue weighted by Crippen LogP contribution is 2.31. The lowest BCUT2D eigenvalue weighted by atomic mass is 10.0. The number of hydrogen-bond donors (Lipinski definition) is 1. The molecule has 3 aliphatic heterocycles. The lowest BCUT2D eigenvalue weighted by Crippen LogP contribution is -2.46. The van der Waals surface area contributed by atoms with Crippen LogP contribution in [-0.2, 0) is 13.1 Å². The highest BCUT2D eigenvalue weighted by Gasteiger charge is 2.27. The van der Waals surface area contributed by atoms with Gasteiger partial charge in [0.05, 0.1) is 12.2 Å². The van der Waals surface area contributed by atoms with Gasteiger partial charge in [-0.25, -0.2) is 4.98 Å². The number of benzene rings is 1. The molecule has 1 fully saturated rings. The molecule has 5 heterocycles. The SMILES string of the molecule is Cl.Cl.O=c1cnc2ccc(=O)n3c2n1CC[C@H]3CN1CCC(NCc2ccc3c(c2)OCCO3)CC1. The molecule has 1 atom stereocenters. The highest BCUT2D eigenvalue weighted by molar-refractivity contribution is 5.85. The van der Waals surface area contributed by atoms with Gasteiger partial charge in [-0.2, -0.15) is 0 Å². The molecule has 2 aromatic heterocycles. The fraction of sp³-hybridized carbons (Fsp3) is 0.480. The molecule has 3 aliphatic rings. The Hall–Kier alpha value is -2.59. The molecule has 0 unspecified atom stereocenters. The van der Waals surface area contributed by atoms with Gasteiger partial charge < -0.3 is 19.7 Å². The molecule has 1 saturated heterocycles. The largest absolute Gasteiger partial charge is 0.486 e. The molecule has 194 valence electrons.